The number of amides is 1. The lowest BCUT2D eigenvalue weighted by Crippen LogP contribution is -2.36. The van der Waals surface area contributed by atoms with Crippen LogP contribution in [0.5, 0.6) is 0 Å². The first kappa shape index (κ1) is 16.4. The van der Waals surface area contributed by atoms with Crippen LogP contribution in [-0.2, 0) is 11.3 Å². The molecule has 1 rings (SSSR count). The summed E-state index contributed by atoms with van der Waals surface area (Å²) in [5, 5.41) is 5.91. The summed E-state index contributed by atoms with van der Waals surface area (Å²) in [6, 6.07) is 1.89. The van der Waals surface area contributed by atoms with Crippen molar-refractivity contribution in [2.24, 2.45) is 5.92 Å². The van der Waals surface area contributed by atoms with E-state index in [0.717, 1.165) is 11.5 Å². The molecule has 0 saturated heterocycles. The molecule has 1 aromatic rings. The number of hydrogen-bond donors (Lipinski definition) is 2. The van der Waals surface area contributed by atoms with E-state index in [0.29, 0.717) is 31.4 Å². The highest BCUT2D eigenvalue weighted by Crippen LogP contribution is 2.06. The number of carbonyl (C=O) groups excluding carboxylic acids is 1. The van der Waals surface area contributed by atoms with Crippen LogP contribution in [0.2, 0.25) is 0 Å². The number of likely N-dealkylation sites (N-methyl/N-ethyl adjacent to an activating group) is 1. The van der Waals surface area contributed by atoms with E-state index >= 15 is 0 Å². The number of anilines is 1. The molecule has 0 aliphatic heterocycles. The number of nitrogens with zero attached hydrogens (tertiary/aromatic N) is 3. The molecular formula is C14H25N5O. The van der Waals surface area contributed by atoms with Gasteiger partial charge in [-0.05, 0) is 19.9 Å². The Morgan fingerprint density at radius 2 is 2.10 bits per heavy atom. The number of nitrogens with one attached hydrogen (secondary N) is 2. The van der Waals surface area contributed by atoms with E-state index in [2.05, 4.69) is 34.4 Å². The summed E-state index contributed by atoms with van der Waals surface area (Å²) in [6.45, 7) is 7.68. The van der Waals surface area contributed by atoms with Gasteiger partial charge in [0.05, 0.1) is 13.1 Å². The maximum atomic E-state index is 11.7. The Kier molecular flexibility index (Phi) is 6.38. The second-order valence-electron chi connectivity index (χ2n) is 5.43. The molecule has 2 N–H and O–H groups in total. The molecule has 0 aliphatic rings. The lowest BCUT2D eigenvalue weighted by Gasteiger charge is -2.16. The van der Waals surface area contributed by atoms with E-state index in [1.165, 1.54) is 0 Å². The predicted octanol–water partition coefficient (Wildman–Crippen LogP) is 1.03. The molecule has 0 unspecified atom stereocenters. The van der Waals surface area contributed by atoms with Gasteiger partial charge in [-0.15, -0.1) is 0 Å². The average Bonchev–Trinajstić information content (AvgIpc) is 2.35. The van der Waals surface area contributed by atoms with Crippen molar-refractivity contribution in [3.63, 3.8) is 0 Å². The minimum atomic E-state index is 0.0303. The third-order valence-corrected chi connectivity index (χ3v) is 2.69. The number of aryl methyl sites for hydroxylation is 1. The number of rotatable bonds is 7. The monoisotopic (exact) mass is 279 g/mol. The molecule has 0 spiro atoms. The lowest BCUT2D eigenvalue weighted by atomic mass is 10.2. The standard InChI is InChI=1S/C14H25N5O/c1-10(2)7-16-14(20)9-19(5)8-13-17-11(3)6-12(15-4)18-13/h6,10H,7-9H2,1-5H3,(H,16,20)(H,15,17,18). The molecule has 0 saturated carbocycles. The molecule has 6 heteroatoms. The van der Waals surface area contributed by atoms with Crippen LogP contribution in [0.3, 0.4) is 0 Å². The van der Waals surface area contributed by atoms with E-state index in [-0.39, 0.29) is 5.91 Å². The largest absolute Gasteiger partial charge is 0.373 e. The third-order valence-electron chi connectivity index (χ3n) is 2.69. The van der Waals surface area contributed by atoms with Crippen LogP contribution in [0.25, 0.3) is 0 Å². The molecule has 112 valence electrons. The topological polar surface area (TPSA) is 70.2 Å². The van der Waals surface area contributed by atoms with Crippen LogP contribution in [-0.4, -0.2) is 48.0 Å². The van der Waals surface area contributed by atoms with Crippen molar-refractivity contribution in [3.8, 4) is 0 Å². The minimum Gasteiger partial charge on any atom is -0.373 e. The van der Waals surface area contributed by atoms with Crippen molar-refractivity contribution in [1.82, 2.24) is 20.2 Å². The van der Waals surface area contributed by atoms with Crippen molar-refractivity contribution >= 4 is 11.7 Å². The van der Waals surface area contributed by atoms with Crippen LogP contribution in [0.15, 0.2) is 6.07 Å². The maximum absolute atomic E-state index is 11.7. The summed E-state index contributed by atoms with van der Waals surface area (Å²) in [5.74, 6) is 2.00. The van der Waals surface area contributed by atoms with Gasteiger partial charge in [-0.3, -0.25) is 9.69 Å². The zero-order valence-corrected chi connectivity index (χ0v) is 13.0. The summed E-state index contributed by atoms with van der Waals surface area (Å²) in [5.41, 5.74) is 0.914. The maximum Gasteiger partial charge on any atom is 0.234 e. The van der Waals surface area contributed by atoms with Crippen LogP contribution < -0.4 is 10.6 Å². The molecule has 6 nitrogen and oxygen atoms in total. The van der Waals surface area contributed by atoms with Crippen LogP contribution in [0.4, 0.5) is 5.82 Å². The Morgan fingerprint density at radius 3 is 2.70 bits per heavy atom. The molecular weight excluding hydrogens is 254 g/mol. The van der Waals surface area contributed by atoms with E-state index in [9.17, 15) is 4.79 Å². The first-order valence-corrected chi connectivity index (χ1v) is 6.88. The fourth-order valence-corrected chi connectivity index (χ4v) is 1.75. The van der Waals surface area contributed by atoms with Gasteiger partial charge >= 0.3 is 0 Å². The Labute approximate surface area is 121 Å². The highest BCUT2D eigenvalue weighted by molar-refractivity contribution is 5.77. The molecule has 20 heavy (non-hydrogen) atoms. The number of aromatic nitrogens is 2. The lowest BCUT2D eigenvalue weighted by molar-refractivity contribution is -0.122. The van der Waals surface area contributed by atoms with Crippen LogP contribution in [0.1, 0.15) is 25.4 Å². The first-order chi connectivity index (χ1) is 9.40. The Morgan fingerprint density at radius 1 is 1.40 bits per heavy atom. The van der Waals surface area contributed by atoms with Crippen molar-refractivity contribution in [2.45, 2.75) is 27.3 Å². The van der Waals surface area contributed by atoms with E-state index in [1.807, 2.05) is 32.0 Å². The molecule has 0 radical (unpaired) electrons. The molecule has 0 aliphatic carbocycles. The van der Waals surface area contributed by atoms with Crippen LogP contribution in [0, 0.1) is 12.8 Å². The van der Waals surface area contributed by atoms with Crippen LogP contribution >= 0.6 is 0 Å². The van der Waals surface area contributed by atoms with Crippen molar-refractivity contribution in [3.05, 3.63) is 17.6 Å². The highest BCUT2D eigenvalue weighted by atomic mass is 16.2. The Bertz CT molecular complexity index is 447. The second-order valence-corrected chi connectivity index (χ2v) is 5.43. The summed E-state index contributed by atoms with van der Waals surface area (Å²) in [7, 11) is 3.72. The molecule has 1 amide bonds. The van der Waals surface area contributed by atoms with Gasteiger partial charge in [0.1, 0.15) is 11.6 Å². The normalized spacial score (nSPS) is 10.9. The number of hydrogen-bond acceptors (Lipinski definition) is 5. The molecule has 0 bridgehead atoms. The van der Waals surface area contributed by atoms with Gasteiger partial charge in [-0.2, -0.15) is 0 Å². The molecule has 0 atom stereocenters. The van der Waals surface area contributed by atoms with Crippen molar-refractivity contribution in [2.75, 3.05) is 32.5 Å². The number of carbonyl (C=O) groups is 1. The summed E-state index contributed by atoms with van der Waals surface area (Å²) >= 11 is 0. The zero-order valence-electron chi connectivity index (χ0n) is 13.0. The minimum absolute atomic E-state index is 0.0303. The summed E-state index contributed by atoms with van der Waals surface area (Å²) in [4.78, 5) is 22.4. The van der Waals surface area contributed by atoms with Gasteiger partial charge in [0.2, 0.25) is 5.91 Å². The Balaban J connectivity index is 2.51. The third kappa shape index (κ3) is 5.97. The van der Waals surface area contributed by atoms with Gasteiger partial charge in [0.15, 0.2) is 0 Å². The predicted molar refractivity (Wildman–Crippen MR) is 80.5 cm³/mol. The summed E-state index contributed by atoms with van der Waals surface area (Å²) in [6.07, 6.45) is 0. The quantitative estimate of drug-likeness (QED) is 0.780. The second kappa shape index (κ2) is 7.79. The van der Waals surface area contributed by atoms with Gasteiger partial charge in [-0.25, -0.2) is 9.97 Å². The SMILES string of the molecule is CNc1cc(C)nc(CN(C)CC(=O)NCC(C)C)n1. The van der Waals surface area contributed by atoms with Crippen molar-refractivity contribution in [1.29, 1.82) is 0 Å². The van der Waals surface area contributed by atoms with Gasteiger partial charge in [-0.1, -0.05) is 13.8 Å². The van der Waals surface area contributed by atoms with Gasteiger partial charge < -0.3 is 10.6 Å². The molecule has 0 fully saturated rings. The first-order valence-electron chi connectivity index (χ1n) is 6.88. The molecule has 1 aromatic heterocycles. The smallest absolute Gasteiger partial charge is 0.234 e. The fraction of sp³-hybridized carbons (Fsp3) is 0.643. The summed E-state index contributed by atoms with van der Waals surface area (Å²) < 4.78 is 0. The van der Waals surface area contributed by atoms with E-state index in [4.69, 9.17) is 0 Å². The van der Waals surface area contributed by atoms with Crippen molar-refractivity contribution < 1.29 is 4.79 Å². The zero-order chi connectivity index (χ0) is 15.1. The van der Waals surface area contributed by atoms with Gasteiger partial charge in [0, 0.05) is 25.4 Å². The average molecular weight is 279 g/mol. The fourth-order valence-electron chi connectivity index (χ4n) is 1.75. The van der Waals surface area contributed by atoms with E-state index in [1.54, 1.807) is 0 Å². The Hall–Kier alpha value is -1.69. The highest BCUT2D eigenvalue weighted by Gasteiger charge is 2.10. The van der Waals surface area contributed by atoms with E-state index < -0.39 is 0 Å². The van der Waals surface area contributed by atoms with Gasteiger partial charge in [0.25, 0.3) is 0 Å². The molecule has 0 aromatic carbocycles. The molecule has 1 heterocycles.